The first kappa shape index (κ1) is 16.9. The Morgan fingerprint density at radius 1 is 0.941 bits per heavy atom. The molecule has 0 spiro atoms. The minimum Gasteiger partial charge on any atom is -0.393 e. The fourth-order valence-electron chi connectivity index (χ4n) is 1.93. The summed E-state index contributed by atoms with van der Waals surface area (Å²) >= 11 is 0. The summed E-state index contributed by atoms with van der Waals surface area (Å²) in [6.07, 6.45) is 10.3. The molecular weight excluding hydrogens is 212 g/mol. The lowest BCUT2D eigenvalue weighted by Crippen LogP contribution is -2.19. The number of nitrogens with one attached hydrogen (secondary N) is 1. The molecule has 0 aliphatic rings. The van der Waals surface area contributed by atoms with Gasteiger partial charge in [0.1, 0.15) is 0 Å². The quantitative estimate of drug-likeness (QED) is 0.436. The van der Waals surface area contributed by atoms with Crippen molar-refractivity contribution in [3.05, 3.63) is 0 Å². The standard InChI is InChI=1S/C14H32N2O/c1-2-3-4-5-9-14(17)10-6-7-12-16-13-8-11-15/h14,16-17H,2-13,15H2,1H3. The van der Waals surface area contributed by atoms with E-state index in [1.165, 1.54) is 25.7 Å². The van der Waals surface area contributed by atoms with Crippen LogP contribution in [0.3, 0.4) is 0 Å². The summed E-state index contributed by atoms with van der Waals surface area (Å²) in [6.45, 7) is 5.07. The van der Waals surface area contributed by atoms with Crippen molar-refractivity contribution in [1.82, 2.24) is 5.32 Å². The van der Waals surface area contributed by atoms with Crippen molar-refractivity contribution >= 4 is 0 Å². The van der Waals surface area contributed by atoms with E-state index in [9.17, 15) is 5.11 Å². The third-order valence-corrected chi connectivity index (χ3v) is 3.09. The molecule has 0 aromatic rings. The summed E-state index contributed by atoms with van der Waals surface area (Å²) < 4.78 is 0. The molecule has 0 saturated carbocycles. The van der Waals surface area contributed by atoms with Crippen molar-refractivity contribution in [1.29, 1.82) is 0 Å². The summed E-state index contributed by atoms with van der Waals surface area (Å²) in [5.74, 6) is 0. The van der Waals surface area contributed by atoms with Gasteiger partial charge < -0.3 is 16.2 Å². The maximum Gasteiger partial charge on any atom is 0.0540 e. The largest absolute Gasteiger partial charge is 0.393 e. The molecule has 0 fully saturated rings. The number of hydrogen-bond donors (Lipinski definition) is 3. The van der Waals surface area contributed by atoms with Crippen LogP contribution in [0.25, 0.3) is 0 Å². The van der Waals surface area contributed by atoms with E-state index in [-0.39, 0.29) is 6.10 Å². The highest BCUT2D eigenvalue weighted by Gasteiger charge is 2.03. The molecule has 0 aliphatic heterocycles. The highest BCUT2D eigenvalue weighted by molar-refractivity contribution is 4.58. The van der Waals surface area contributed by atoms with Crippen LogP contribution in [0.2, 0.25) is 0 Å². The van der Waals surface area contributed by atoms with Crippen LogP contribution in [0.4, 0.5) is 0 Å². The molecule has 17 heavy (non-hydrogen) atoms. The highest BCUT2D eigenvalue weighted by atomic mass is 16.3. The SMILES string of the molecule is CCCCCCC(O)CCCCNCCCN. The van der Waals surface area contributed by atoms with Crippen LogP contribution in [0.15, 0.2) is 0 Å². The summed E-state index contributed by atoms with van der Waals surface area (Å²) in [5, 5.41) is 13.1. The lowest BCUT2D eigenvalue weighted by molar-refractivity contribution is 0.147. The fourth-order valence-corrected chi connectivity index (χ4v) is 1.93. The maximum absolute atomic E-state index is 9.75. The molecule has 1 atom stereocenters. The van der Waals surface area contributed by atoms with Crippen molar-refractivity contribution in [2.45, 2.75) is 70.8 Å². The number of aliphatic hydroxyl groups excluding tert-OH is 1. The fraction of sp³-hybridized carbons (Fsp3) is 1.00. The minimum atomic E-state index is -0.0732. The van der Waals surface area contributed by atoms with Crippen LogP contribution < -0.4 is 11.1 Å². The first-order valence-corrected chi connectivity index (χ1v) is 7.40. The van der Waals surface area contributed by atoms with Gasteiger partial charge in [0, 0.05) is 0 Å². The van der Waals surface area contributed by atoms with E-state index in [2.05, 4.69) is 12.2 Å². The van der Waals surface area contributed by atoms with Crippen LogP contribution in [-0.4, -0.2) is 30.8 Å². The molecule has 0 bridgehead atoms. The Bertz CT molecular complexity index is 142. The second-order valence-corrected chi connectivity index (χ2v) is 4.89. The molecule has 3 heteroatoms. The minimum absolute atomic E-state index is 0.0732. The predicted molar refractivity (Wildman–Crippen MR) is 75.2 cm³/mol. The highest BCUT2D eigenvalue weighted by Crippen LogP contribution is 2.10. The Labute approximate surface area is 107 Å². The molecule has 4 N–H and O–H groups in total. The normalized spacial score (nSPS) is 12.9. The van der Waals surface area contributed by atoms with Gasteiger partial charge in [-0.05, 0) is 51.7 Å². The molecule has 104 valence electrons. The van der Waals surface area contributed by atoms with Crippen LogP contribution in [0.1, 0.15) is 64.7 Å². The number of nitrogens with two attached hydrogens (primary N) is 1. The summed E-state index contributed by atoms with van der Waals surface area (Å²) in [4.78, 5) is 0. The van der Waals surface area contributed by atoms with E-state index in [0.717, 1.165) is 51.7 Å². The van der Waals surface area contributed by atoms with Crippen molar-refractivity contribution in [3.8, 4) is 0 Å². The Kier molecular flexibility index (Phi) is 13.8. The van der Waals surface area contributed by atoms with E-state index in [1.54, 1.807) is 0 Å². The third-order valence-electron chi connectivity index (χ3n) is 3.09. The van der Waals surface area contributed by atoms with Crippen molar-refractivity contribution in [2.75, 3.05) is 19.6 Å². The average molecular weight is 244 g/mol. The van der Waals surface area contributed by atoms with Crippen LogP contribution >= 0.6 is 0 Å². The van der Waals surface area contributed by atoms with Crippen LogP contribution in [0.5, 0.6) is 0 Å². The average Bonchev–Trinajstić information content (AvgIpc) is 2.33. The van der Waals surface area contributed by atoms with E-state index in [4.69, 9.17) is 5.73 Å². The van der Waals surface area contributed by atoms with Crippen molar-refractivity contribution < 1.29 is 5.11 Å². The van der Waals surface area contributed by atoms with Crippen LogP contribution in [-0.2, 0) is 0 Å². The number of unbranched alkanes of at least 4 members (excludes halogenated alkanes) is 4. The predicted octanol–water partition coefficient (Wildman–Crippen LogP) is 2.43. The molecule has 1 unspecified atom stereocenters. The van der Waals surface area contributed by atoms with Gasteiger partial charge in [-0.3, -0.25) is 0 Å². The molecular formula is C14H32N2O. The lowest BCUT2D eigenvalue weighted by atomic mass is 10.0. The van der Waals surface area contributed by atoms with E-state index >= 15 is 0 Å². The van der Waals surface area contributed by atoms with Crippen LogP contribution in [0, 0.1) is 0 Å². The zero-order valence-electron chi connectivity index (χ0n) is 11.6. The molecule has 0 amide bonds. The van der Waals surface area contributed by atoms with Gasteiger partial charge >= 0.3 is 0 Å². The van der Waals surface area contributed by atoms with Gasteiger partial charge in [0.25, 0.3) is 0 Å². The zero-order valence-corrected chi connectivity index (χ0v) is 11.6. The maximum atomic E-state index is 9.75. The number of rotatable bonds is 13. The molecule has 0 aromatic carbocycles. The van der Waals surface area contributed by atoms with Gasteiger partial charge in [-0.2, -0.15) is 0 Å². The molecule has 0 saturated heterocycles. The number of hydrogen-bond acceptors (Lipinski definition) is 3. The Morgan fingerprint density at radius 2 is 1.59 bits per heavy atom. The monoisotopic (exact) mass is 244 g/mol. The first-order valence-electron chi connectivity index (χ1n) is 7.40. The summed E-state index contributed by atoms with van der Waals surface area (Å²) in [7, 11) is 0. The van der Waals surface area contributed by atoms with E-state index in [1.807, 2.05) is 0 Å². The molecule has 0 heterocycles. The molecule has 0 aliphatic carbocycles. The smallest absolute Gasteiger partial charge is 0.0540 e. The zero-order chi connectivity index (χ0) is 12.8. The van der Waals surface area contributed by atoms with Gasteiger partial charge in [-0.15, -0.1) is 0 Å². The second-order valence-electron chi connectivity index (χ2n) is 4.89. The first-order chi connectivity index (χ1) is 8.31. The van der Waals surface area contributed by atoms with Gasteiger partial charge in [0.2, 0.25) is 0 Å². The Balaban J connectivity index is 3.08. The third kappa shape index (κ3) is 13.8. The van der Waals surface area contributed by atoms with Gasteiger partial charge in [-0.25, -0.2) is 0 Å². The van der Waals surface area contributed by atoms with Crippen molar-refractivity contribution in [2.24, 2.45) is 5.73 Å². The lowest BCUT2D eigenvalue weighted by Gasteiger charge is -2.10. The Morgan fingerprint density at radius 3 is 2.24 bits per heavy atom. The van der Waals surface area contributed by atoms with E-state index in [0.29, 0.717) is 0 Å². The Hall–Kier alpha value is -0.120. The van der Waals surface area contributed by atoms with Gasteiger partial charge in [0.05, 0.1) is 6.10 Å². The molecule has 0 radical (unpaired) electrons. The molecule has 0 aromatic heterocycles. The molecule has 3 nitrogen and oxygen atoms in total. The van der Waals surface area contributed by atoms with Gasteiger partial charge in [0.15, 0.2) is 0 Å². The topological polar surface area (TPSA) is 58.3 Å². The summed E-state index contributed by atoms with van der Waals surface area (Å²) in [6, 6.07) is 0. The number of aliphatic hydroxyl groups is 1. The summed E-state index contributed by atoms with van der Waals surface area (Å²) in [5.41, 5.74) is 5.40. The van der Waals surface area contributed by atoms with Crippen molar-refractivity contribution in [3.63, 3.8) is 0 Å². The van der Waals surface area contributed by atoms with Gasteiger partial charge in [-0.1, -0.05) is 32.6 Å². The second kappa shape index (κ2) is 13.9. The molecule has 0 rings (SSSR count). The van der Waals surface area contributed by atoms with E-state index < -0.39 is 0 Å².